The molecule has 174 valence electrons. The van der Waals surface area contributed by atoms with E-state index in [2.05, 4.69) is 25.6 Å². The number of nitrogens with zero attached hydrogens (tertiary/aromatic N) is 2. The van der Waals surface area contributed by atoms with E-state index < -0.39 is 17.5 Å². The van der Waals surface area contributed by atoms with Crippen LogP contribution in [0, 0.1) is 0 Å². The van der Waals surface area contributed by atoms with Gasteiger partial charge >= 0.3 is 6.18 Å². The van der Waals surface area contributed by atoms with Gasteiger partial charge in [0.2, 0.25) is 5.95 Å². The van der Waals surface area contributed by atoms with Gasteiger partial charge in [0.1, 0.15) is 23.8 Å². The van der Waals surface area contributed by atoms with Crippen LogP contribution in [-0.2, 0) is 16.6 Å². The monoisotopic (exact) mass is 469 g/mol. The summed E-state index contributed by atoms with van der Waals surface area (Å²) in [5.41, 5.74) is -0.0395. The van der Waals surface area contributed by atoms with E-state index in [-0.39, 0.29) is 23.1 Å². The fraction of sp³-hybridized carbons (Fsp3) is 0.174. The van der Waals surface area contributed by atoms with Crippen LogP contribution in [0.1, 0.15) is 21.6 Å². The van der Waals surface area contributed by atoms with Crippen LogP contribution in [0.15, 0.2) is 60.8 Å². The Morgan fingerprint density at radius 2 is 1.94 bits per heavy atom. The van der Waals surface area contributed by atoms with Gasteiger partial charge in [-0.1, -0.05) is 12.1 Å². The third kappa shape index (κ3) is 4.25. The van der Waals surface area contributed by atoms with Crippen molar-refractivity contribution in [2.75, 3.05) is 19.0 Å². The van der Waals surface area contributed by atoms with Gasteiger partial charge in [-0.25, -0.2) is 4.98 Å². The number of carbonyl (C=O) groups excluding carboxylic acids is 1. The van der Waals surface area contributed by atoms with E-state index in [0.717, 1.165) is 17.7 Å². The summed E-state index contributed by atoms with van der Waals surface area (Å²) < 4.78 is 50.5. The Bertz CT molecular complexity index is 1380. The molecule has 4 aromatic rings. The number of ether oxygens (including phenoxy) is 2. The molecule has 0 saturated carbocycles. The maximum Gasteiger partial charge on any atom is 0.416 e. The first-order valence-electron chi connectivity index (χ1n) is 10.2. The second-order valence-corrected chi connectivity index (χ2v) is 7.64. The Balaban J connectivity index is 1.36. The molecule has 0 radical (unpaired) electrons. The fourth-order valence-electron chi connectivity index (χ4n) is 3.49. The molecule has 3 heterocycles. The summed E-state index contributed by atoms with van der Waals surface area (Å²) >= 11 is 0. The summed E-state index contributed by atoms with van der Waals surface area (Å²) in [7, 11) is 1.51. The van der Waals surface area contributed by atoms with Gasteiger partial charge in [-0.15, -0.1) is 0 Å². The molecule has 1 aliphatic heterocycles. The highest BCUT2D eigenvalue weighted by Gasteiger charge is 2.47. The molecule has 2 aromatic heterocycles. The number of epoxide rings is 1. The number of halogens is 3. The molecule has 1 unspecified atom stereocenters. The number of benzene rings is 2. The van der Waals surface area contributed by atoms with Crippen LogP contribution in [0.25, 0.3) is 11.0 Å². The third-order valence-corrected chi connectivity index (χ3v) is 5.29. The molecule has 1 fully saturated rings. The van der Waals surface area contributed by atoms with Crippen molar-refractivity contribution in [2.45, 2.75) is 11.9 Å². The van der Waals surface area contributed by atoms with Crippen LogP contribution in [0.4, 0.5) is 19.1 Å². The molecule has 0 aliphatic carbocycles. The lowest BCUT2D eigenvalue weighted by Crippen LogP contribution is -2.21. The fourth-order valence-corrected chi connectivity index (χ4v) is 3.49. The topological polar surface area (TPSA) is 104 Å². The van der Waals surface area contributed by atoms with E-state index in [9.17, 15) is 18.0 Å². The lowest BCUT2D eigenvalue weighted by molar-refractivity contribution is -0.137. The number of aromatic nitrogens is 3. The Hall–Kier alpha value is -4.12. The summed E-state index contributed by atoms with van der Waals surface area (Å²) in [4.78, 5) is 23.0. The van der Waals surface area contributed by atoms with Gasteiger partial charge in [0.15, 0.2) is 5.72 Å². The van der Waals surface area contributed by atoms with E-state index >= 15 is 0 Å². The minimum atomic E-state index is -4.44. The number of nitrogens with one attached hydrogen (secondary N) is 3. The van der Waals surface area contributed by atoms with Crippen LogP contribution in [0.3, 0.4) is 0 Å². The number of H-pyrrole nitrogens is 1. The molecule has 1 atom stereocenters. The zero-order valence-electron chi connectivity index (χ0n) is 17.7. The highest BCUT2D eigenvalue weighted by molar-refractivity contribution is 5.92. The number of fused-ring (bicyclic) bond motifs is 1. The van der Waals surface area contributed by atoms with E-state index in [0.29, 0.717) is 23.6 Å². The van der Waals surface area contributed by atoms with Gasteiger partial charge in [-0.05, 0) is 36.4 Å². The highest BCUT2D eigenvalue weighted by atomic mass is 19.4. The predicted octanol–water partition coefficient (Wildman–Crippen LogP) is 4.42. The molecule has 2 aromatic carbocycles. The number of alkyl halides is 3. The summed E-state index contributed by atoms with van der Waals surface area (Å²) in [6, 6.07) is 13.6. The molecule has 34 heavy (non-hydrogen) atoms. The van der Waals surface area contributed by atoms with Gasteiger partial charge in [0.05, 0.1) is 16.6 Å². The molecule has 0 bridgehead atoms. The van der Waals surface area contributed by atoms with Gasteiger partial charge < -0.3 is 25.1 Å². The van der Waals surface area contributed by atoms with E-state index in [1.807, 2.05) is 6.07 Å². The van der Waals surface area contributed by atoms with Crippen LogP contribution in [0.5, 0.6) is 11.5 Å². The first-order chi connectivity index (χ1) is 16.3. The van der Waals surface area contributed by atoms with E-state index in [1.165, 1.54) is 25.4 Å². The zero-order valence-corrected chi connectivity index (χ0v) is 17.7. The minimum absolute atomic E-state index is 0.221. The molecule has 3 N–H and O–H groups in total. The first kappa shape index (κ1) is 21.7. The molecule has 1 amide bonds. The lowest BCUT2D eigenvalue weighted by atomic mass is 10.1. The van der Waals surface area contributed by atoms with Crippen LogP contribution in [0.2, 0.25) is 0 Å². The Morgan fingerprint density at radius 1 is 1.15 bits per heavy atom. The number of amides is 1. The van der Waals surface area contributed by atoms with Crippen molar-refractivity contribution in [1.29, 1.82) is 0 Å². The second-order valence-electron chi connectivity index (χ2n) is 7.64. The summed E-state index contributed by atoms with van der Waals surface area (Å²) in [5, 5.41) is 5.63. The average molecular weight is 469 g/mol. The summed E-state index contributed by atoms with van der Waals surface area (Å²) in [5.74, 6) is 0.884. The summed E-state index contributed by atoms with van der Waals surface area (Å²) in [6.45, 7) is 0.331. The quantitative estimate of drug-likeness (QED) is 0.361. The molecular formula is C23H18F3N5O3. The van der Waals surface area contributed by atoms with Gasteiger partial charge in [0, 0.05) is 24.9 Å². The maximum atomic E-state index is 13.0. The average Bonchev–Trinajstić information content (AvgIpc) is 3.48. The molecule has 1 saturated heterocycles. The van der Waals surface area contributed by atoms with Crippen LogP contribution >= 0.6 is 0 Å². The number of imidazole rings is 1. The van der Waals surface area contributed by atoms with Crippen molar-refractivity contribution >= 4 is 22.9 Å². The number of anilines is 1. The van der Waals surface area contributed by atoms with E-state index in [1.54, 1.807) is 24.3 Å². The molecular weight excluding hydrogens is 451 g/mol. The van der Waals surface area contributed by atoms with Crippen LogP contribution < -0.4 is 15.4 Å². The van der Waals surface area contributed by atoms with Gasteiger partial charge in [-0.2, -0.15) is 13.2 Å². The molecule has 8 nitrogen and oxygen atoms in total. The largest absolute Gasteiger partial charge is 0.457 e. The van der Waals surface area contributed by atoms with E-state index in [4.69, 9.17) is 9.47 Å². The SMILES string of the molecule is CNC(=O)c1cc(Oc2cccc(C3(Nc4nc5ccc(C(F)(F)F)cc5[nH]4)CO3)c2)ccn1. The second kappa shape index (κ2) is 8.03. The lowest BCUT2D eigenvalue weighted by Gasteiger charge is -2.15. The molecule has 5 rings (SSSR count). The van der Waals surface area contributed by atoms with Gasteiger partial charge in [0.25, 0.3) is 5.91 Å². The van der Waals surface area contributed by atoms with Crippen molar-refractivity contribution in [1.82, 2.24) is 20.3 Å². The third-order valence-electron chi connectivity index (χ3n) is 5.29. The summed E-state index contributed by atoms with van der Waals surface area (Å²) in [6.07, 6.45) is -2.97. The zero-order chi connectivity index (χ0) is 23.9. The Kier molecular flexibility index (Phi) is 5.13. The number of hydrogen-bond acceptors (Lipinski definition) is 6. The van der Waals surface area contributed by atoms with Crippen molar-refractivity contribution < 1.29 is 27.4 Å². The number of rotatable bonds is 6. The first-order valence-corrected chi connectivity index (χ1v) is 10.2. The number of pyridine rings is 1. The van der Waals surface area contributed by atoms with Crippen molar-refractivity contribution in [3.8, 4) is 11.5 Å². The predicted molar refractivity (Wildman–Crippen MR) is 116 cm³/mol. The molecule has 0 spiro atoms. The van der Waals surface area contributed by atoms with Crippen LogP contribution in [-0.4, -0.2) is 34.5 Å². The highest BCUT2D eigenvalue weighted by Crippen LogP contribution is 2.41. The molecule has 1 aliphatic rings. The Labute approximate surface area is 191 Å². The van der Waals surface area contributed by atoms with Crippen molar-refractivity contribution in [3.63, 3.8) is 0 Å². The molecule has 11 heteroatoms. The van der Waals surface area contributed by atoms with Gasteiger partial charge in [-0.3, -0.25) is 9.78 Å². The standard InChI is InChI=1S/C23H18F3N5O3/c1-27-20(32)19-11-16(7-8-28-19)34-15-4-2-3-13(9-15)22(12-33-22)31-21-29-17-6-5-14(23(24,25)26)10-18(17)30-21/h2-11H,12H2,1H3,(H,27,32)(H2,29,30,31). The van der Waals surface area contributed by atoms with Crippen molar-refractivity contribution in [3.05, 3.63) is 77.6 Å². The minimum Gasteiger partial charge on any atom is -0.457 e. The number of carbonyl (C=O) groups is 1. The number of aromatic amines is 1. The smallest absolute Gasteiger partial charge is 0.416 e. The maximum absolute atomic E-state index is 13.0. The normalized spacial score (nSPS) is 17.4. The Morgan fingerprint density at radius 3 is 2.68 bits per heavy atom. The van der Waals surface area contributed by atoms with Crippen molar-refractivity contribution in [2.24, 2.45) is 0 Å². The number of hydrogen-bond donors (Lipinski definition) is 3.